The van der Waals surface area contributed by atoms with Crippen LogP contribution >= 0.6 is 24.0 Å². The van der Waals surface area contributed by atoms with Crippen LogP contribution < -0.4 is 4.74 Å². The highest BCUT2D eigenvalue weighted by molar-refractivity contribution is 8.26. The fraction of sp³-hybridized carbons (Fsp3) is 0.389. The minimum Gasteiger partial charge on any atom is -0.496 e. The number of nitrogens with zero attached hydrogens (tertiary/aromatic N) is 2. The second kappa shape index (κ2) is 8.22. The zero-order chi connectivity index (χ0) is 20.5. The summed E-state index contributed by atoms with van der Waals surface area (Å²) in [5.74, 6) is -0.0102. The summed E-state index contributed by atoms with van der Waals surface area (Å²) in [4.78, 5) is 28.4. The van der Waals surface area contributed by atoms with Crippen molar-refractivity contribution in [3.63, 3.8) is 0 Å². The summed E-state index contributed by atoms with van der Waals surface area (Å²) >= 11 is 6.41. The average Bonchev–Trinajstić information content (AvgIpc) is 3.15. The van der Waals surface area contributed by atoms with Gasteiger partial charge in [0.05, 0.1) is 23.5 Å². The topological polar surface area (TPSA) is 84.0 Å². The SMILES string of the molecule is COc1ccccc1/C=C1/SC(=S)N(CC(=O)N(C)[C@H]2CCS(=O)(=O)C2)C1=O. The molecular weight excluding hydrogens is 420 g/mol. The van der Waals surface area contributed by atoms with Crippen molar-refractivity contribution in [3.05, 3.63) is 34.7 Å². The molecule has 0 saturated carbocycles. The smallest absolute Gasteiger partial charge is 0.266 e. The number of hydrogen-bond acceptors (Lipinski definition) is 7. The van der Waals surface area contributed by atoms with Gasteiger partial charge in [0.2, 0.25) is 5.91 Å². The maximum atomic E-state index is 12.7. The first kappa shape index (κ1) is 20.8. The van der Waals surface area contributed by atoms with E-state index in [4.69, 9.17) is 17.0 Å². The molecule has 1 aromatic rings. The predicted molar refractivity (Wildman–Crippen MR) is 113 cm³/mol. The maximum absolute atomic E-state index is 12.7. The minimum absolute atomic E-state index is 0.0403. The van der Waals surface area contributed by atoms with Crippen molar-refractivity contribution in [1.82, 2.24) is 9.80 Å². The second-order valence-electron chi connectivity index (χ2n) is 6.57. The van der Waals surface area contributed by atoms with Gasteiger partial charge in [-0.25, -0.2) is 8.42 Å². The van der Waals surface area contributed by atoms with Gasteiger partial charge >= 0.3 is 0 Å². The van der Waals surface area contributed by atoms with Crippen molar-refractivity contribution >= 4 is 56.0 Å². The van der Waals surface area contributed by atoms with Gasteiger partial charge in [0, 0.05) is 18.7 Å². The van der Waals surface area contributed by atoms with Crippen molar-refractivity contribution in [2.24, 2.45) is 0 Å². The van der Waals surface area contributed by atoms with Gasteiger partial charge in [0.1, 0.15) is 16.6 Å². The summed E-state index contributed by atoms with van der Waals surface area (Å²) in [5.41, 5.74) is 0.741. The summed E-state index contributed by atoms with van der Waals surface area (Å²) in [6.45, 7) is -0.207. The number of thiocarbonyl (C=S) groups is 1. The molecule has 0 aromatic heterocycles. The van der Waals surface area contributed by atoms with Crippen molar-refractivity contribution in [2.75, 3.05) is 32.2 Å². The van der Waals surface area contributed by atoms with Gasteiger partial charge in [-0.1, -0.05) is 42.2 Å². The van der Waals surface area contributed by atoms with Gasteiger partial charge in [-0.05, 0) is 18.6 Å². The number of methoxy groups -OCH3 is 1. The molecule has 0 aliphatic carbocycles. The molecule has 2 aliphatic rings. The summed E-state index contributed by atoms with van der Waals surface area (Å²) in [6.07, 6.45) is 2.10. The maximum Gasteiger partial charge on any atom is 0.266 e. The number of ether oxygens (including phenoxy) is 1. The van der Waals surface area contributed by atoms with Crippen LogP contribution in [0.2, 0.25) is 0 Å². The van der Waals surface area contributed by atoms with Crippen LogP contribution in [-0.4, -0.2) is 72.6 Å². The Hall–Kier alpha value is -1.91. The van der Waals surface area contributed by atoms with Crippen LogP contribution in [0.1, 0.15) is 12.0 Å². The number of benzene rings is 1. The molecule has 2 saturated heterocycles. The number of carbonyl (C=O) groups excluding carboxylic acids is 2. The minimum atomic E-state index is -3.10. The molecule has 150 valence electrons. The van der Waals surface area contributed by atoms with Gasteiger partial charge in [-0.3, -0.25) is 14.5 Å². The van der Waals surface area contributed by atoms with Gasteiger partial charge < -0.3 is 9.64 Å². The highest BCUT2D eigenvalue weighted by Crippen LogP contribution is 2.34. The summed E-state index contributed by atoms with van der Waals surface area (Å²) < 4.78 is 28.9. The molecule has 1 atom stereocenters. The highest BCUT2D eigenvalue weighted by atomic mass is 32.2. The Kier molecular flexibility index (Phi) is 6.11. The zero-order valence-electron chi connectivity index (χ0n) is 15.5. The zero-order valence-corrected chi connectivity index (χ0v) is 17.9. The molecule has 0 N–H and O–H groups in total. The van der Waals surface area contributed by atoms with Crippen LogP contribution in [0.3, 0.4) is 0 Å². The predicted octanol–water partition coefficient (Wildman–Crippen LogP) is 1.54. The third-order valence-electron chi connectivity index (χ3n) is 4.74. The number of likely N-dealkylation sites (N-methyl/N-ethyl adjacent to an activating group) is 1. The van der Waals surface area contributed by atoms with Gasteiger partial charge in [-0.15, -0.1) is 0 Å². The molecule has 0 spiro atoms. The first-order chi connectivity index (χ1) is 13.2. The molecule has 0 radical (unpaired) electrons. The Labute approximate surface area is 173 Å². The number of para-hydroxylation sites is 1. The summed E-state index contributed by atoms with van der Waals surface area (Å²) in [7, 11) is 0.0187. The third-order valence-corrected chi connectivity index (χ3v) is 7.87. The fourth-order valence-electron chi connectivity index (χ4n) is 3.09. The first-order valence-electron chi connectivity index (χ1n) is 8.56. The normalized spacial score (nSPS) is 22.7. The van der Waals surface area contributed by atoms with Crippen molar-refractivity contribution < 1.29 is 22.7 Å². The van der Waals surface area contributed by atoms with E-state index in [1.807, 2.05) is 18.2 Å². The lowest BCUT2D eigenvalue weighted by molar-refractivity contribution is -0.135. The van der Waals surface area contributed by atoms with Crippen LogP contribution in [0, 0.1) is 0 Å². The highest BCUT2D eigenvalue weighted by Gasteiger charge is 2.37. The van der Waals surface area contributed by atoms with Crippen LogP contribution in [0.4, 0.5) is 0 Å². The third kappa shape index (κ3) is 4.39. The Balaban J connectivity index is 1.72. The van der Waals surface area contributed by atoms with E-state index in [1.54, 1.807) is 26.3 Å². The molecule has 0 unspecified atom stereocenters. The first-order valence-corrected chi connectivity index (χ1v) is 11.6. The van der Waals surface area contributed by atoms with E-state index in [-0.39, 0.29) is 35.9 Å². The van der Waals surface area contributed by atoms with E-state index in [0.717, 1.165) is 17.3 Å². The molecule has 7 nitrogen and oxygen atoms in total. The van der Waals surface area contributed by atoms with Crippen LogP contribution in [-0.2, 0) is 19.4 Å². The molecule has 1 aromatic carbocycles. The van der Waals surface area contributed by atoms with E-state index < -0.39 is 9.84 Å². The fourth-order valence-corrected chi connectivity index (χ4v) is 6.11. The second-order valence-corrected chi connectivity index (χ2v) is 10.5. The lowest BCUT2D eigenvalue weighted by Gasteiger charge is -2.25. The number of carbonyl (C=O) groups is 2. The molecule has 2 aliphatic heterocycles. The van der Waals surface area contributed by atoms with Crippen LogP contribution in [0.5, 0.6) is 5.75 Å². The standard InChI is InChI=1S/C18H20N2O5S3/c1-19(13-7-8-28(23,24)11-13)16(21)10-20-17(22)15(27-18(20)26)9-12-5-3-4-6-14(12)25-2/h3-6,9,13H,7-8,10-11H2,1-2H3/b15-9+/t13-/m0/s1. The number of hydrogen-bond donors (Lipinski definition) is 0. The van der Waals surface area contributed by atoms with Gasteiger partial charge in [0.25, 0.3) is 5.91 Å². The Morgan fingerprint density at radius 3 is 2.79 bits per heavy atom. The van der Waals surface area contributed by atoms with E-state index in [2.05, 4.69) is 0 Å². The molecule has 2 amide bonds. The molecule has 10 heteroatoms. The van der Waals surface area contributed by atoms with Crippen molar-refractivity contribution in [3.8, 4) is 5.75 Å². The van der Waals surface area contributed by atoms with Crippen LogP contribution in [0.15, 0.2) is 29.2 Å². The number of thioether (sulfide) groups is 1. The molecule has 2 fully saturated rings. The van der Waals surface area contributed by atoms with Gasteiger partial charge in [-0.2, -0.15) is 0 Å². The lowest BCUT2D eigenvalue weighted by Crippen LogP contribution is -2.45. The summed E-state index contributed by atoms with van der Waals surface area (Å²) in [5, 5.41) is 0. The summed E-state index contributed by atoms with van der Waals surface area (Å²) in [6, 6.07) is 6.92. The molecular formula is C18H20N2O5S3. The number of amides is 2. The van der Waals surface area contributed by atoms with Gasteiger partial charge in [0.15, 0.2) is 9.84 Å². The van der Waals surface area contributed by atoms with Crippen molar-refractivity contribution in [1.29, 1.82) is 0 Å². The Morgan fingerprint density at radius 1 is 1.43 bits per heavy atom. The Morgan fingerprint density at radius 2 is 2.14 bits per heavy atom. The number of rotatable bonds is 5. The monoisotopic (exact) mass is 440 g/mol. The van der Waals surface area contributed by atoms with Crippen LogP contribution in [0.25, 0.3) is 6.08 Å². The van der Waals surface area contributed by atoms with E-state index >= 15 is 0 Å². The molecule has 28 heavy (non-hydrogen) atoms. The van der Waals surface area contributed by atoms with Crippen molar-refractivity contribution in [2.45, 2.75) is 12.5 Å². The number of sulfone groups is 1. The Bertz CT molecular complexity index is 958. The molecule has 2 heterocycles. The van der Waals surface area contributed by atoms with E-state index in [1.165, 1.54) is 9.80 Å². The van der Waals surface area contributed by atoms with E-state index in [0.29, 0.717) is 21.4 Å². The van der Waals surface area contributed by atoms with E-state index in [9.17, 15) is 18.0 Å². The lowest BCUT2D eigenvalue weighted by atomic mass is 10.2. The quantitative estimate of drug-likeness (QED) is 0.507. The molecule has 3 rings (SSSR count). The molecule has 0 bridgehead atoms. The largest absolute Gasteiger partial charge is 0.496 e. The average molecular weight is 441 g/mol.